The van der Waals surface area contributed by atoms with Gasteiger partial charge in [-0.25, -0.2) is 0 Å². The van der Waals surface area contributed by atoms with E-state index in [1.54, 1.807) is 0 Å². The highest BCUT2D eigenvalue weighted by molar-refractivity contribution is 7.62. The van der Waals surface area contributed by atoms with Gasteiger partial charge in [-0.2, -0.15) is 0 Å². The van der Waals surface area contributed by atoms with Crippen LogP contribution in [0.1, 0.15) is 69.9 Å². The van der Waals surface area contributed by atoms with Crippen LogP contribution in [0.4, 0.5) is 0 Å². The molecule has 0 amide bonds. The maximum absolute atomic E-state index is 4.46. The maximum Gasteiger partial charge on any atom is 0.0441 e. The summed E-state index contributed by atoms with van der Waals surface area (Å²) < 4.78 is 0. The zero-order valence-electron chi connectivity index (χ0n) is 13.8. The summed E-state index contributed by atoms with van der Waals surface area (Å²) in [7, 11) is 0.0984. The van der Waals surface area contributed by atoms with E-state index in [9.17, 15) is 0 Å². The van der Waals surface area contributed by atoms with E-state index in [4.69, 9.17) is 0 Å². The quantitative estimate of drug-likeness (QED) is 0.582. The van der Waals surface area contributed by atoms with Gasteiger partial charge in [0.2, 0.25) is 0 Å². The average molecular weight is 315 g/mol. The Morgan fingerprint density at radius 1 is 0.909 bits per heavy atom. The van der Waals surface area contributed by atoms with Crippen LogP contribution in [-0.2, 0) is 6.42 Å². The molecule has 2 fully saturated rings. The second-order valence-corrected chi connectivity index (χ2v) is 9.59. The maximum atomic E-state index is 4.46. The molecule has 0 unspecified atom stereocenters. The predicted octanol–water partition coefficient (Wildman–Crippen LogP) is 6.29. The Balaban J connectivity index is 1.64. The third-order valence-electron chi connectivity index (χ3n) is 5.32. The Labute approximate surface area is 137 Å². The lowest BCUT2D eigenvalue weighted by atomic mass is 9.99. The molecule has 3 rings (SSSR count). The van der Waals surface area contributed by atoms with Gasteiger partial charge in [-0.15, -0.1) is 0 Å². The summed E-state index contributed by atoms with van der Waals surface area (Å²) in [6, 6.07) is 6.25. The highest BCUT2D eigenvalue weighted by Crippen LogP contribution is 2.56. The third-order valence-corrected chi connectivity index (χ3v) is 8.60. The molecule has 2 aliphatic rings. The molecule has 1 nitrogen and oxygen atoms in total. The van der Waals surface area contributed by atoms with Crippen molar-refractivity contribution in [2.24, 2.45) is 0 Å². The number of hydrogen-bond acceptors (Lipinski definition) is 1. The molecule has 0 aliphatic heterocycles. The van der Waals surface area contributed by atoms with E-state index in [2.05, 4.69) is 29.0 Å². The summed E-state index contributed by atoms with van der Waals surface area (Å²) in [6.07, 6.45) is 20.2. The van der Waals surface area contributed by atoms with E-state index in [0.717, 1.165) is 17.7 Å². The molecule has 0 N–H and O–H groups in total. The molecule has 22 heavy (non-hydrogen) atoms. The van der Waals surface area contributed by atoms with Crippen molar-refractivity contribution in [1.82, 2.24) is 4.98 Å². The molecule has 2 heteroatoms. The minimum atomic E-state index is 0.0984. The van der Waals surface area contributed by atoms with Crippen molar-refractivity contribution in [1.29, 1.82) is 0 Å². The molecular formula is C20H30NP. The Bertz CT molecular complexity index is 426. The van der Waals surface area contributed by atoms with Crippen LogP contribution in [0, 0.1) is 0 Å². The first-order valence-electron chi connectivity index (χ1n) is 9.27. The van der Waals surface area contributed by atoms with E-state index < -0.39 is 0 Å². The number of pyridine rings is 1. The summed E-state index contributed by atoms with van der Waals surface area (Å²) in [5.74, 6) is 2.65. The number of allylic oxidation sites excluding steroid dienone is 1. The van der Waals surface area contributed by atoms with E-state index in [1.807, 2.05) is 12.3 Å². The van der Waals surface area contributed by atoms with Crippen LogP contribution in [0.15, 0.2) is 36.3 Å². The first-order valence-corrected chi connectivity index (χ1v) is 10.8. The molecule has 1 aromatic rings. The first kappa shape index (κ1) is 16.2. The predicted molar refractivity (Wildman–Crippen MR) is 97.7 cm³/mol. The molecule has 2 saturated carbocycles. The van der Waals surface area contributed by atoms with E-state index >= 15 is 0 Å². The van der Waals surface area contributed by atoms with Crippen LogP contribution in [0.5, 0.6) is 0 Å². The minimum absolute atomic E-state index is 0.0984. The number of hydrogen-bond donors (Lipinski definition) is 0. The van der Waals surface area contributed by atoms with Gasteiger partial charge < -0.3 is 0 Å². The van der Waals surface area contributed by atoms with Crippen molar-refractivity contribution in [3.63, 3.8) is 0 Å². The molecule has 2 aliphatic carbocycles. The Morgan fingerprint density at radius 3 is 2.09 bits per heavy atom. The van der Waals surface area contributed by atoms with E-state index in [1.165, 1.54) is 69.9 Å². The monoisotopic (exact) mass is 315 g/mol. The van der Waals surface area contributed by atoms with Gasteiger partial charge in [0.05, 0.1) is 0 Å². The second kappa shape index (κ2) is 8.82. The fourth-order valence-electron chi connectivity index (χ4n) is 4.11. The van der Waals surface area contributed by atoms with Crippen LogP contribution in [0.3, 0.4) is 0 Å². The molecule has 0 bridgehead atoms. The van der Waals surface area contributed by atoms with Crippen molar-refractivity contribution in [2.75, 3.05) is 0 Å². The van der Waals surface area contributed by atoms with Gasteiger partial charge in [-0.05, 0) is 49.1 Å². The van der Waals surface area contributed by atoms with Crippen molar-refractivity contribution in [3.05, 3.63) is 42.0 Å². The van der Waals surface area contributed by atoms with Crippen LogP contribution in [0.2, 0.25) is 0 Å². The van der Waals surface area contributed by atoms with Gasteiger partial charge in [0.15, 0.2) is 0 Å². The molecule has 120 valence electrons. The average Bonchev–Trinajstić information content (AvgIpc) is 2.61. The molecule has 0 aromatic carbocycles. The van der Waals surface area contributed by atoms with E-state index in [-0.39, 0.29) is 7.92 Å². The van der Waals surface area contributed by atoms with Crippen LogP contribution in [0.25, 0.3) is 0 Å². The summed E-state index contributed by atoms with van der Waals surface area (Å²) in [5.41, 5.74) is 3.25. The highest BCUT2D eigenvalue weighted by atomic mass is 31.1. The Kier molecular flexibility index (Phi) is 6.49. The number of nitrogens with zero attached hydrogens (tertiary/aromatic N) is 1. The van der Waals surface area contributed by atoms with Crippen LogP contribution in [-0.4, -0.2) is 16.3 Å². The van der Waals surface area contributed by atoms with Gasteiger partial charge in [-0.1, -0.05) is 64.4 Å². The molecule has 0 spiro atoms. The summed E-state index contributed by atoms with van der Waals surface area (Å²) >= 11 is 0. The van der Waals surface area contributed by atoms with Crippen molar-refractivity contribution >= 4 is 7.92 Å². The normalized spacial score (nSPS) is 21.7. The number of aromatic nitrogens is 1. The second-order valence-electron chi connectivity index (χ2n) is 6.94. The van der Waals surface area contributed by atoms with Crippen molar-refractivity contribution in [2.45, 2.75) is 81.9 Å². The lowest BCUT2D eigenvalue weighted by Gasteiger charge is -2.36. The fourth-order valence-corrected chi connectivity index (χ4v) is 7.47. The van der Waals surface area contributed by atoms with Gasteiger partial charge in [0.25, 0.3) is 0 Å². The SMILES string of the molecule is C(=CP(C1CCCCC1)C1CCCCC1)Cc1ccccn1. The molecule has 0 saturated heterocycles. The first-order chi connectivity index (χ1) is 10.9. The Morgan fingerprint density at radius 2 is 1.55 bits per heavy atom. The summed E-state index contributed by atoms with van der Waals surface area (Å²) in [6.45, 7) is 0. The highest BCUT2D eigenvalue weighted by Gasteiger charge is 2.29. The third kappa shape index (κ3) is 4.66. The zero-order valence-corrected chi connectivity index (χ0v) is 14.7. The fraction of sp³-hybridized carbons (Fsp3) is 0.650. The molecule has 1 heterocycles. The van der Waals surface area contributed by atoms with Gasteiger partial charge in [0, 0.05) is 18.3 Å². The van der Waals surface area contributed by atoms with Gasteiger partial charge in [-0.3, -0.25) is 4.98 Å². The number of rotatable bonds is 5. The molecular weight excluding hydrogens is 285 g/mol. The van der Waals surface area contributed by atoms with Crippen LogP contribution < -0.4 is 0 Å². The zero-order chi connectivity index (χ0) is 15.0. The summed E-state index contributed by atoms with van der Waals surface area (Å²) in [5, 5.41) is 0. The van der Waals surface area contributed by atoms with Crippen molar-refractivity contribution in [3.8, 4) is 0 Å². The van der Waals surface area contributed by atoms with Gasteiger partial charge in [0.1, 0.15) is 0 Å². The van der Waals surface area contributed by atoms with Crippen LogP contribution >= 0.6 is 7.92 Å². The smallest absolute Gasteiger partial charge is 0.0441 e. The molecule has 0 atom stereocenters. The minimum Gasteiger partial charge on any atom is -0.261 e. The topological polar surface area (TPSA) is 12.9 Å². The largest absolute Gasteiger partial charge is 0.261 e. The summed E-state index contributed by atoms with van der Waals surface area (Å²) in [4.78, 5) is 4.46. The lowest BCUT2D eigenvalue weighted by molar-refractivity contribution is 0.486. The molecule has 0 radical (unpaired) electrons. The standard InChI is InChI=1S/C20H30NP/c1-3-12-19(13-4-1)22(20-14-5-2-6-15-20)17-9-11-18-10-7-8-16-21-18/h7-10,16-17,19-20H,1-6,11-15H2. The lowest BCUT2D eigenvalue weighted by Crippen LogP contribution is -2.19. The molecule has 1 aromatic heterocycles. The van der Waals surface area contributed by atoms with E-state index in [0.29, 0.717) is 0 Å². The Hall–Kier alpha value is -0.680. The van der Waals surface area contributed by atoms with Crippen molar-refractivity contribution < 1.29 is 0 Å². The van der Waals surface area contributed by atoms with Gasteiger partial charge >= 0.3 is 0 Å².